The Hall–Kier alpha value is -2.38. The van der Waals surface area contributed by atoms with Crippen molar-refractivity contribution in [1.29, 1.82) is 0 Å². The zero-order valence-corrected chi connectivity index (χ0v) is 15.7. The standard InChI is InChI=1S/C18H27N5O3/c1-4-5-14-10-15(25-21-14)11-19-18(24)23-8-6-13(7-9-23)17-20-16(12(2)3)22-26-17/h10,12-13H,4-9,11H2,1-3H3,(H,19,24). The van der Waals surface area contributed by atoms with E-state index in [-0.39, 0.29) is 17.9 Å². The van der Waals surface area contributed by atoms with Crippen molar-refractivity contribution in [3.05, 3.63) is 29.2 Å². The van der Waals surface area contributed by atoms with Crippen LogP contribution in [0.2, 0.25) is 0 Å². The molecule has 3 rings (SSSR count). The molecule has 2 aromatic rings. The quantitative estimate of drug-likeness (QED) is 0.848. The first-order chi connectivity index (χ1) is 12.6. The Morgan fingerprint density at radius 2 is 2.08 bits per heavy atom. The highest BCUT2D eigenvalue weighted by Crippen LogP contribution is 2.27. The Morgan fingerprint density at radius 3 is 2.73 bits per heavy atom. The molecule has 1 N–H and O–H groups in total. The van der Waals surface area contributed by atoms with Gasteiger partial charge in [0.15, 0.2) is 11.6 Å². The van der Waals surface area contributed by atoms with Crippen LogP contribution in [0, 0.1) is 0 Å². The monoisotopic (exact) mass is 361 g/mol. The third-order valence-corrected chi connectivity index (χ3v) is 4.63. The molecule has 1 saturated heterocycles. The molecule has 0 bridgehead atoms. The van der Waals surface area contributed by atoms with Gasteiger partial charge in [-0.05, 0) is 19.3 Å². The van der Waals surface area contributed by atoms with Crippen molar-refractivity contribution >= 4 is 6.03 Å². The number of rotatable bonds is 6. The van der Waals surface area contributed by atoms with Crippen LogP contribution >= 0.6 is 0 Å². The molecule has 26 heavy (non-hydrogen) atoms. The zero-order chi connectivity index (χ0) is 18.5. The molecule has 3 heterocycles. The Morgan fingerprint density at radius 1 is 1.31 bits per heavy atom. The predicted molar refractivity (Wildman–Crippen MR) is 94.7 cm³/mol. The SMILES string of the molecule is CCCc1cc(CNC(=O)N2CCC(c3nc(C(C)C)no3)CC2)on1. The lowest BCUT2D eigenvalue weighted by Gasteiger charge is -2.30. The van der Waals surface area contributed by atoms with Gasteiger partial charge in [-0.15, -0.1) is 0 Å². The second kappa shape index (κ2) is 8.33. The molecule has 2 amide bonds. The molecule has 1 fully saturated rings. The fourth-order valence-corrected chi connectivity index (χ4v) is 3.06. The van der Waals surface area contributed by atoms with Gasteiger partial charge in [0.05, 0.1) is 12.2 Å². The van der Waals surface area contributed by atoms with Gasteiger partial charge in [-0.1, -0.05) is 37.5 Å². The summed E-state index contributed by atoms with van der Waals surface area (Å²) in [5, 5.41) is 10.9. The van der Waals surface area contributed by atoms with Crippen molar-refractivity contribution in [2.45, 2.75) is 64.8 Å². The molecule has 0 spiro atoms. The Labute approximate surface area is 153 Å². The minimum absolute atomic E-state index is 0.0784. The van der Waals surface area contributed by atoms with E-state index in [2.05, 4.69) is 27.5 Å². The number of aromatic nitrogens is 3. The number of hydrogen-bond acceptors (Lipinski definition) is 6. The largest absolute Gasteiger partial charge is 0.359 e. The van der Waals surface area contributed by atoms with Crippen molar-refractivity contribution in [3.63, 3.8) is 0 Å². The highest BCUT2D eigenvalue weighted by molar-refractivity contribution is 5.74. The van der Waals surface area contributed by atoms with Gasteiger partial charge in [0, 0.05) is 31.0 Å². The smallest absolute Gasteiger partial charge is 0.317 e. The third kappa shape index (κ3) is 4.42. The fraction of sp³-hybridized carbons (Fsp3) is 0.667. The maximum atomic E-state index is 12.3. The second-order valence-corrected chi connectivity index (χ2v) is 7.10. The Balaban J connectivity index is 1.45. The van der Waals surface area contributed by atoms with Gasteiger partial charge in [-0.2, -0.15) is 4.98 Å². The van der Waals surface area contributed by atoms with Crippen LogP contribution in [0.4, 0.5) is 4.79 Å². The number of carbonyl (C=O) groups is 1. The number of nitrogens with one attached hydrogen (secondary N) is 1. The molecule has 142 valence electrons. The summed E-state index contributed by atoms with van der Waals surface area (Å²) in [5.74, 6) is 2.61. The van der Waals surface area contributed by atoms with E-state index in [1.807, 2.05) is 24.8 Å². The van der Waals surface area contributed by atoms with E-state index in [0.717, 1.165) is 37.2 Å². The zero-order valence-electron chi connectivity index (χ0n) is 15.7. The van der Waals surface area contributed by atoms with E-state index < -0.39 is 0 Å². The topological polar surface area (TPSA) is 97.3 Å². The van der Waals surface area contributed by atoms with Crippen molar-refractivity contribution in [3.8, 4) is 0 Å². The molecule has 8 heteroatoms. The third-order valence-electron chi connectivity index (χ3n) is 4.63. The van der Waals surface area contributed by atoms with Crippen molar-refractivity contribution in [1.82, 2.24) is 25.5 Å². The van der Waals surface area contributed by atoms with Gasteiger partial charge in [-0.25, -0.2) is 4.79 Å². The lowest BCUT2D eigenvalue weighted by atomic mass is 9.97. The van der Waals surface area contributed by atoms with E-state index in [4.69, 9.17) is 9.05 Å². The first-order valence-electron chi connectivity index (χ1n) is 9.37. The number of hydrogen-bond donors (Lipinski definition) is 1. The second-order valence-electron chi connectivity index (χ2n) is 7.10. The van der Waals surface area contributed by atoms with Crippen LogP contribution in [0.3, 0.4) is 0 Å². The summed E-state index contributed by atoms with van der Waals surface area (Å²) in [6.07, 6.45) is 3.57. The molecule has 1 aliphatic rings. The molecule has 1 aliphatic heterocycles. The summed E-state index contributed by atoms with van der Waals surface area (Å²) in [6.45, 7) is 7.89. The van der Waals surface area contributed by atoms with E-state index in [0.29, 0.717) is 31.3 Å². The number of nitrogens with zero attached hydrogens (tertiary/aromatic N) is 4. The molecule has 8 nitrogen and oxygen atoms in total. The van der Waals surface area contributed by atoms with E-state index >= 15 is 0 Å². The highest BCUT2D eigenvalue weighted by atomic mass is 16.5. The normalized spacial score (nSPS) is 15.6. The number of piperidine rings is 1. The van der Waals surface area contributed by atoms with Gasteiger partial charge >= 0.3 is 6.03 Å². The molecule has 0 atom stereocenters. The highest BCUT2D eigenvalue weighted by Gasteiger charge is 2.27. The molecular formula is C18H27N5O3. The number of likely N-dealkylation sites (tertiary alicyclic amines) is 1. The maximum absolute atomic E-state index is 12.3. The van der Waals surface area contributed by atoms with Crippen LogP contribution in [0.5, 0.6) is 0 Å². The van der Waals surface area contributed by atoms with E-state index in [9.17, 15) is 4.79 Å². The van der Waals surface area contributed by atoms with Crippen LogP contribution in [0.15, 0.2) is 15.1 Å². The van der Waals surface area contributed by atoms with Crippen LogP contribution in [0.1, 0.15) is 75.0 Å². The molecule has 2 aromatic heterocycles. The fourth-order valence-electron chi connectivity index (χ4n) is 3.06. The maximum Gasteiger partial charge on any atom is 0.317 e. The molecule has 0 saturated carbocycles. The van der Waals surface area contributed by atoms with Gasteiger partial charge in [-0.3, -0.25) is 0 Å². The summed E-state index contributed by atoms with van der Waals surface area (Å²) in [4.78, 5) is 18.6. The minimum atomic E-state index is -0.0784. The predicted octanol–water partition coefficient (Wildman–Crippen LogP) is 3.22. The van der Waals surface area contributed by atoms with Gasteiger partial charge in [0.1, 0.15) is 0 Å². The Kier molecular flexibility index (Phi) is 5.90. The number of carbonyl (C=O) groups excluding carboxylic acids is 1. The summed E-state index contributed by atoms with van der Waals surface area (Å²) >= 11 is 0. The van der Waals surface area contributed by atoms with Crippen molar-refractivity contribution in [2.75, 3.05) is 13.1 Å². The minimum Gasteiger partial charge on any atom is -0.359 e. The number of amides is 2. The summed E-state index contributed by atoms with van der Waals surface area (Å²) < 4.78 is 10.6. The van der Waals surface area contributed by atoms with Gasteiger partial charge in [0.2, 0.25) is 5.89 Å². The first kappa shape index (κ1) is 18.4. The summed E-state index contributed by atoms with van der Waals surface area (Å²) in [5.41, 5.74) is 0.929. The first-order valence-corrected chi connectivity index (χ1v) is 9.37. The lowest BCUT2D eigenvalue weighted by molar-refractivity contribution is 0.174. The average Bonchev–Trinajstić information content (AvgIpc) is 3.30. The van der Waals surface area contributed by atoms with Crippen LogP contribution in [-0.4, -0.2) is 39.3 Å². The van der Waals surface area contributed by atoms with Crippen LogP contribution < -0.4 is 5.32 Å². The summed E-state index contributed by atoms with van der Waals surface area (Å²) in [7, 11) is 0. The molecule has 0 unspecified atom stereocenters. The lowest BCUT2D eigenvalue weighted by Crippen LogP contribution is -2.43. The summed E-state index contributed by atoms with van der Waals surface area (Å²) in [6, 6.07) is 1.82. The molecule has 0 aromatic carbocycles. The van der Waals surface area contributed by atoms with E-state index in [1.54, 1.807) is 0 Å². The molecular weight excluding hydrogens is 334 g/mol. The van der Waals surface area contributed by atoms with E-state index in [1.165, 1.54) is 0 Å². The van der Waals surface area contributed by atoms with Gasteiger partial charge < -0.3 is 19.3 Å². The average molecular weight is 361 g/mol. The van der Waals surface area contributed by atoms with Crippen LogP contribution in [-0.2, 0) is 13.0 Å². The molecule has 0 aliphatic carbocycles. The van der Waals surface area contributed by atoms with Crippen molar-refractivity contribution < 1.29 is 13.8 Å². The van der Waals surface area contributed by atoms with Gasteiger partial charge in [0.25, 0.3) is 0 Å². The Bertz CT molecular complexity index is 716. The van der Waals surface area contributed by atoms with Crippen LogP contribution in [0.25, 0.3) is 0 Å². The molecule has 0 radical (unpaired) electrons. The number of urea groups is 1. The number of aryl methyl sites for hydroxylation is 1. The van der Waals surface area contributed by atoms with Crippen molar-refractivity contribution in [2.24, 2.45) is 0 Å².